The Morgan fingerprint density at radius 2 is 1.80 bits per heavy atom. The lowest BCUT2D eigenvalue weighted by atomic mass is 10.1. The normalized spacial score (nSPS) is 12.2. The van der Waals surface area contributed by atoms with Gasteiger partial charge in [0.2, 0.25) is 21.8 Å². The predicted molar refractivity (Wildman–Crippen MR) is 142 cm³/mol. The second-order valence-electron chi connectivity index (χ2n) is 8.49. The summed E-state index contributed by atoms with van der Waals surface area (Å²) in [6, 6.07) is 9.75. The Morgan fingerprint density at radius 3 is 2.40 bits per heavy atom. The fourth-order valence-corrected chi connectivity index (χ4v) is 5.21. The minimum Gasteiger partial charge on any atom is -0.355 e. The molecule has 1 N–H and O–H groups in total. The summed E-state index contributed by atoms with van der Waals surface area (Å²) in [5.74, 6) is -0.553. The average Bonchev–Trinajstić information content (AvgIpc) is 2.77. The number of anilines is 1. The van der Waals surface area contributed by atoms with Crippen molar-refractivity contribution in [2.45, 2.75) is 53.1 Å². The topological polar surface area (TPSA) is 86.8 Å². The average molecular weight is 543 g/mol. The third-order valence-corrected chi connectivity index (χ3v) is 7.64. The van der Waals surface area contributed by atoms with Gasteiger partial charge in [-0.1, -0.05) is 41.4 Å². The largest absolute Gasteiger partial charge is 0.355 e. The quantitative estimate of drug-likeness (QED) is 0.446. The number of carbonyl (C=O) groups excluding carboxylic acids is 2. The van der Waals surface area contributed by atoms with E-state index in [1.165, 1.54) is 9.21 Å². The van der Waals surface area contributed by atoms with Crippen LogP contribution in [0.25, 0.3) is 0 Å². The number of sulfonamides is 1. The Balaban J connectivity index is 2.22. The van der Waals surface area contributed by atoms with Crippen molar-refractivity contribution in [2.24, 2.45) is 0 Å². The van der Waals surface area contributed by atoms with Crippen molar-refractivity contribution in [1.82, 2.24) is 10.2 Å². The van der Waals surface area contributed by atoms with E-state index in [9.17, 15) is 18.0 Å². The number of hydrogen-bond donors (Lipinski definition) is 1. The van der Waals surface area contributed by atoms with Crippen LogP contribution in [0.1, 0.15) is 43.4 Å². The van der Waals surface area contributed by atoms with Crippen molar-refractivity contribution in [2.75, 3.05) is 23.7 Å². The first-order valence-electron chi connectivity index (χ1n) is 11.4. The van der Waals surface area contributed by atoms with Gasteiger partial charge in [-0.2, -0.15) is 0 Å². The van der Waals surface area contributed by atoms with Crippen LogP contribution in [-0.4, -0.2) is 50.5 Å². The SMILES string of the molecule is CCNC(=O)C(C)N(Cc1ccc(Cl)cc1Cl)C(=O)CCCN(c1cccc(C)c1C)S(C)(=O)=O. The molecular weight excluding hydrogens is 509 g/mol. The molecule has 10 heteroatoms. The molecule has 7 nitrogen and oxygen atoms in total. The molecule has 0 spiro atoms. The highest BCUT2D eigenvalue weighted by molar-refractivity contribution is 7.92. The van der Waals surface area contributed by atoms with Crippen LogP contribution in [0.2, 0.25) is 10.0 Å². The van der Waals surface area contributed by atoms with Gasteiger partial charge in [-0.25, -0.2) is 8.42 Å². The zero-order chi connectivity index (χ0) is 26.3. The minimum atomic E-state index is -3.56. The van der Waals surface area contributed by atoms with Crippen LogP contribution >= 0.6 is 23.2 Å². The molecule has 0 bridgehead atoms. The molecule has 0 aliphatic heterocycles. The smallest absolute Gasteiger partial charge is 0.242 e. The molecule has 0 aliphatic carbocycles. The van der Waals surface area contributed by atoms with E-state index in [0.29, 0.717) is 27.8 Å². The van der Waals surface area contributed by atoms with E-state index in [0.717, 1.165) is 17.4 Å². The zero-order valence-corrected chi connectivity index (χ0v) is 23.1. The summed E-state index contributed by atoms with van der Waals surface area (Å²) >= 11 is 12.3. The van der Waals surface area contributed by atoms with Crippen LogP contribution in [0.15, 0.2) is 36.4 Å². The van der Waals surface area contributed by atoms with Crippen molar-refractivity contribution in [3.8, 4) is 0 Å². The van der Waals surface area contributed by atoms with Crippen molar-refractivity contribution in [3.63, 3.8) is 0 Å². The predicted octanol–water partition coefficient (Wildman–Crippen LogP) is 4.71. The molecule has 2 aromatic carbocycles. The number of halogens is 2. The number of likely N-dealkylation sites (N-methyl/N-ethyl adjacent to an activating group) is 1. The third-order valence-electron chi connectivity index (χ3n) is 5.87. The van der Waals surface area contributed by atoms with Crippen molar-refractivity contribution < 1.29 is 18.0 Å². The molecule has 1 atom stereocenters. The van der Waals surface area contributed by atoms with Gasteiger partial charge in [0, 0.05) is 36.1 Å². The van der Waals surface area contributed by atoms with Gasteiger partial charge in [-0.3, -0.25) is 13.9 Å². The molecule has 192 valence electrons. The van der Waals surface area contributed by atoms with Crippen LogP contribution in [0.3, 0.4) is 0 Å². The highest BCUT2D eigenvalue weighted by atomic mass is 35.5. The van der Waals surface area contributed by atoms with E-state index in [1.54, 1.807) is 38.1 Å². The van der Waals surface area contributed by atoms with Gasteiger partial charge in [0.25, 0.3) is 0 Å². The highest BCUT2D eigenvalue weighted by Gasteiger charge is 2.27. The second kappa shape index (κ2) is 12.6. The molecule has 35 heavy (non-hydrogen) atoms. The van der Waals surface area contributed by atoms with Gasteiger partial charge in [-0.15, -0.1) is 0 Å². The van der Waals surface area contributed by atoms with Gasteiger partial charge in [0.1, 0.15) is 6.04 Å². The molecule has 1 unspecified atom stereocenters. The Labute approximate surface area is 218 Å². The van der Waals surface area contributed by atoms with Gasteiger partial charge < -0.3 is 10.2 Å². The Bertz CT molecular complexity index is 1170. The highest BCUT2D eigenvalue weighted by Crippen LogP contribution is 2.26. The number of aryl methyl sites for hydroxylation is 1. The van der Waals surface area contributed by atoms with E-state index >= 15 is 0 Å². The lowest BCUT2D eigenvalue weighted by Crippen LogP contribution is -2.47. The summed E-state index contributed by atoms with van der Waals surface area (Å²) < 4.78 is 26.4. The zero-order valence-electron chi connectivity index (χ0n) is 20.8. The van der Waals surface area contributed by atoms with E-state index in [1.807, 2.05) is 26.0 Å². The van der Waals surface area contributed by atoms with E-state index in [-0.39, 0.29) is 37.7 Å². The van der Waals surface area contributed by atoms with Crippen LogP contribution in [0.5, 0.6) is 0 Å². The van der Waals surface area contributed by atoms with Gasteiger partial charge in [0.05, 0.1) is 11.9 Å². The number of nitrogens with zero attached hydrogens (tertiary/aromatic N) is 2. The summed E-state index contributed by atoms with van der Waals surface area (Å²) in [7, 11) is -3.56. The van der Waals surface area contributed by atoms with Crippen LogP contribution in [-0.2, 0) is 26.2 Å². The standard InChI is InChI=1S/C25H33Cl2N3O4S/c1-6-28-25(32)19(4)29(16-20-12-13-21(26)15-22(20)27)24(31)11-8-14-30(35(5,33)34)23-10-7-9-17(2)18(23)3/h7,9-10,12-13,15,19H,6,8,11,14,16H2,1-5H3,(H,28,32). The number of rotatable bonds is 11. The molecule has 0 radical (unpaired) electrons. The lowest BCUT2D eigenvalue weighted by molar-refractivity contribution is -0.140. The molecule has 2 rings (SSSR count). The fourth-order valence-electron chi connectivity index (χ4n) is 3.73. The molecule has 2 aromatic rings. The fraction of sp³-hybridized carbons (Fsp3) is 0.440. The monoisotopic (exact) mass is 541 g/mol. The second-order valence-corrected chi connectivity index (χ2v) is 11.2. The Hall–Kier alpha value is -2.29. The summed E-state index contributed by atoms with van der Waals surface area (Å²) in [5, 5.41) is 3.62. The number of benzene rings is 2. The molecule has 0 heterocycles. The number of carbonyl (C=O) groups is 2. The maximum absolute atomic E-state index is 13.3. The maximum Gasteiger partial charge on any atom is 0.242 e. The van der Waals surface area contributed by atoms with E-state index in [4.69, 9.17) is 23.2 Å². The first kappa shape index (κ1) is 28.9. The Kier molecular flexibility index (Phi) is 10.4. The van der Waals surface area contributed by atoms with Gasteiger partial charge in [-0.05, 0) is 69.0 Å². The van der Waals surface area contributed by atoms with Crippen LogP contribution in [0.4, 0.5) is 5.69 Å². The third kappa shape index (κ3) is 7.85. The Morgan fingerprint density at radius 1 is 1.11 bits per heavy atom. The minimum absolute atomic E-state index is 0.0613. The molecule has 0 saturated carbocycles. The van der Waals surface area contributed by atoms with Crippen molar-refractivity contribution in [3.05, 3.63) is 63.1 Å². The maximum atomic E-state index is 13.3. The number of nitrogens with one attached hydrogen (secondary N) is 1. The van der Waals surface area contributed by atoms with Crippen LogP contribution < -0.4 is 9.62 Å². The van der Waals surface area contributed by atoms with Gasteiger partial charge >= 0.3 is 0 Å². The molecule has 0 fully saturated rings. The molecule has 2 amide bonds. The van der Waals surface area contributed by atoms with Crippen molar-refractivity contribution >= 4 is 50.7 Å². The first-order chi connectivity index (χ1) is 16.4. The first-order valence-corrected chi connectivity index (χ1v) is 14.0. The summed E-state index contributed by atoms with van der Waals surface area (Å²) in [5.41, 5.74) is 3.11. The molecule has 0 aromatic heterocycles. The summed E-state index contributed by atoms with van der Waals surface area (Å²) in [6.45, 7) is 7.96. The molecular formula is C25H33Cl2N3O4S. The molecule has 0 saturated heterocycles. The van der Waals surface area contributed by atoms with Gasteiger partial charge in [0.15, 0.2) is 0 Å². The van der Waals surface area contributed by atoms with Crippen LogP contribution in [0, 0.1) is 13.8 Å². The lowest BCUT2D eigenvalue weighted by Gasteiger charge is -2.30. The number of amides is 2. The number of hydrogen-bond acceptors (Lipinski definition) is 4. The van der Waals surface area contributed by atoms with E-state index in [2.05, 4.69) is 5.32 Å². The van der Waals surface area contributed by atoms with E-state index < -0.39 is 16.1 Å². The summed E-state index contributed by atoms with van der Waals surface area (Å²) in [6.07, 6.45) is 1.50. The van der Waals surface area contributed by atoms with Crippen molar-refractivity contribution in [1.29, 1.82) is 0 Å². The summed E-state index contributed by atoms with van der Waals surface area (Å²) in [4.78, 5) is 27.3. The molecule has 0 aliphatic rings.